The highest BCUT2D eigenvalue weighted by molar-refractivity contribution is 5.84. The summed E-state index contributed by atoms with van der Waals surface area (Å²) in [5, 5.41) is 9.28. The van der Waals surface area contributed by atoms with Crippen molar-refractivity contribution in [3.63, 3.8) is 0 Å². The van der Waals surface area contributed by atoms with Gasteiger partial charge in [0.2, 0.25) is 0 Å². The number of H-pyrrole nitrogens is 1. The molecule has 2 aromatic rings. The van der Waals surface area contributed by atoms with Gasteiger partial charge in [-0.3, -0.25) is 4.79 Å². The van der Waals surface area contributed by atoms with Crippen LogP contribution in [0.3, 0.4) is 0 Å². The molecule has 0 radical (unpaired) electrons. The van der Waals surface area contributed by atoms with Crippen molar-refractivity contribution in [3.8, 4) is 11.8 Å². The SMILES string of the molecule is O=c1cc[nH]c2c(C#CCCO)cccc12. The van der Waals surface area contributed by atoms with E-state index in [1.807, 2.05) is 6.07 Å². The molecule has 0 saturated carbocycles. The van der Waals surface area contributed by atoms with Crippen LogP contribution in [0, 0.1) is 11.8 Å². The van der Waals surface area contributed by atoms with Gasteiger partial charge in [0.1, 0.15) is 0 Å². The summed E-state index contributed by atoms with van der Waals surface area (Å²) < 4.78 is 0. The van der Waals surface area contributed by atoms with Crippen LogP contribution in [0.25, 0.3) is 10.9 Å². The van der Waals surface area contributed by atoms with E-state index in [1.54, 1.807) is 18.3 Å². The Morgan fingerprint density at radius 1 is 1.31 bits per heavy atom. The highest BCUT2D eigenvalue weighted by atomic mass is 16.2. The van der Waals surface area contributed by atoms with E-state index in [-0.39, 0.29) is 12.0 Å². The Morgan fingerprint density at radius 3 is 3.00 bits per heavy atom. The highest BCUT2D eigenvalue weighted by Crippen LogP contribution is 2.11. The molecule has 0 amide bonds. The Labute approximate surface area is 92.7 Å². The Kier molecular flexibility index (Phi) is 3.04. The first-order valence-corrected chi connectivity index (χ1v) is 5.03. The molecular formula is C13H11NO2. The molecular weight excluding hydrogens is 202 g/mol. The molecule has 0 bridgehead atoms. The molecule has 16 heavy (non-hydrogen) atoms. The lowest BCUT2D eigenvalue weighted by Crippen LogP contribution is -2.00. The molecule has 3 heteroatoms. The summed E-state index contributed by atoms with van der Waals surface area (Å²) in [6, 6.07) is 6.92. The molecule has 2 N–H and O–H groups in total. The molecule has 0 spiro atoms. The van der Waals surface area contributed by atoms with Crippen LogP contribution in [0.2, 0.25) is 0 Å². The maximum absolute atomic E-state index is 11.6. The summed E-state index contributed by atoms with van der Waals surface area (Å²) >= 11 is 0. The van der Waals surface area contributed by atoms with Crippen molar-refractivity contribution in [1.29, 1.82) is 0 Å². The number of aliphatic hydroxyl groups excluding tert-OH is 1. The van der Waals surface area contributed by atoms with Crippen molar-refractivity contribution in [2.45, 2.75) is 6.42 Å². The Morgan fingerprint density at radius 2 is 2.19 bits per heavy atom. The van der Waals surface area contributed by atoms with Crippen LogP contribution in [-0.4, -0.2) is 16.7 Å². The molecule has 0 atom stereocenters. The van der Waals surface area contributed by atoms with Gasteiger partial charge in [0.05, 0.1) is 12.1 Å². The number of hydrogen-bond donors (Lipinski definition) is 2. The van der Waals surface area contributed by atoms with Gasteiger partial charge < -0.3 is 10.1 Å². The van der Waals surface area contributed by atoms with Gasteiger partial charge in [0.15, 0.2) is 5.43 Å². The second-order valence-corrected chi connectivity index (χ2v) is 3.35. The smallest absolute Gasteiger partial charge is 0.189 e. The van der Waals surface area contributed by atoms with Crippen molar-refractivity contribution in [1.82, 2.24) is 4.98 Å². The normalized spacial score (nSPS) is 9.81. The maximum Gasteiger partial charge on any atom is 0.189 e. The van der Waals surface area contributed by atoms with Gasteiger partial charge in [-0.1, -0.05) is 17.9 Å². The van der Waals surface area contributed by atoms with Crippen LogP contribution in [0.4, 0.5) is 0 Å². The van der Waals surface area contributed by atoms with Gasteiger partial charge in [-0.15, -0.1) is 0 Å². The Hall–Kier alpha value is -2.05. The van der Waals surface area contributed by atoms with Crippen LogP contribution in [-0.2, 0) is 0 Å². The van der Waals surface area contributed by atoms with E-state index in [9.17, 15) is 4.79 Å². The van der Waals surface area contributed by atoms with Crippen molar-refractivity contribution < 1.29 is 5.11 Å². The molecule has 0 aliphatic rings. The zero-order valence-electron chi connectivity index (χ0n) is 8.66. The average Bonchev–Trinajstić information content (AvgIpc) is 2.31. The number of aromatic nitrogens is 1. The summed E-state index contributed by atoms with van der Waals surface area (Å²) in [5.41, 5.74) is 1.52. The average molecular weight is 213 g/mol. The molecule has 1 aromatic heterocycles. The maximum atomic E-state index is 11.6. The topological polar surface area (TPSA) is 53.1 Å². The fourth-order valence-electron chi connectivity index (χ4n) is 1.52. The molecule has 1 heterocycles. The number of benzene rings is 1. The number of para-hydroxylation sites is 1. The standard InChI is InChI=1S/C13H11NO2/c15-9-2-1-4-10-5-3-6-11-12(16)7-8-14-13(10)11/h3,5-8,15H,2,9H2,(H,14,16). The minimum atomic E-state index is -0.0143. The monoisotopic (exact) mass is 213 g/mol. The van der Waals surface area contributed by atoms with Crippen LogP contribution >= 0.6 is 0 Å². The van der Waals surface area contributed by atoms with Crippen LogP contribution < -0.4 is 5.43 Å². The third-order valence-corrected chi connectivity index (χ3v) is 2.25. The van der Waals surface area contributed by atoms with Crippen LogP contribution in [0.15, 0.2) is 35.3 Å². The number of aromatic amines is 1. The second kappa shape index (κ2) is 4.65. The Bertz CT molecular complexity index is 617. The lowest BCUT2D eigenvalue weighted by Gasteiger charge is -1.98. The highest BCUT2D eigenvalue weighted by Gasteiger charge is 2.00. The van der Waals surface area contributed by atoms with Crippen molar-refractivity contribution in [2.24, 2.45) is 0 Å². The van der Waals surface area contributed by atoms with E-state index in [1.165, 1.54) is 6.07 Å². The summed E-state index contributed by atoms with van der Waals surface area (Å²) in [6.07, 6.45) is 2.05. The first kappa shape index (κ1) is 10.5. The predicted molar refractivity (Wildman–Crippen MR) is 63.1 cm³/mol. The molecule has 3 nitrogen and oxygen atoms in total. The first-order valence-electron chi connectivity index (χ1n) is 5.03. The van der Waals surface area contributed by atoms with Gasteiger partial charge in [0, 0.05) is 29.6 Å². The zero-order chi connectivity index (χ0) is 11.4. The molecule has 0 fully saturated rings. The minimum Gasteiger partial charge on any atom is -0.395 e. The van der Waals surface area contributed by atoms with E-state index < -0.39 is 0 Å². The molecule has 0 aliphatic heterocycles. The molecule has 0 aliphatic carbocycles. The van der Waals surface area contributed by atoms with E-state index in [0.717, 1.165) is 11.1 Å². The number of rotatable bonds is 1. The third-order valence-electron chi connectivity index (χ3n) is 2.25. The van der Waals surface area contributed by atoms with Crippen LogP contribution in [0.1, 0.15) is 12.0 Å². The summed E-state index contributed by atoms with van der Waals surface area (Å²) in [7, 11) is 0. The number of nitrogens with one attached hydrogen (secondary N) is 1. The third kappa shape index (κ3) is 1.97. The fraction of sp³-hybridized carbons (Fsp3) is 0.154. The van der Waals surface area contributed by atoms with Gasteiger partial charge in [-0.2, -0.15) is 0 Å². The second-order valence-electron chi connectivity index (χ2n) is 3.35. The van der Waals surface area contributed by atoms with Crippen molar-refractivity contribution >= 4 is 10.9 Å². The lowest BCUT2D eigenvalue weighted by molar-refractivity contribution is 0.305. The summed E-state index contributed by atoms with van der Waals surface area (Å²) in [4.78, 5) is 14.6. The molecule has 0 unspecified atom stereocenters. The van der Waals surface area contributed by atoms with Gasteiger partial charge in [0.25, 0.3) is 0 Å². The van der Waals surface area contributed by atoms with Crippen molar-refractivity contribution in [2.75, 3.05) is 6.61 Å². The molecule has 80 valence electrons. The Balaban J connectivity index is 2.60. The zero-order valence-corrected chi connectivity index (χ0v) is 8.66. The van der Waals surface area contributed by atoms with Gasteiger partial charge in [-0.05, 0) is 12.1 Å². The predicted octanol–water partition coefficient (Wildman–Crippen LogP) is 1.26. The largest absolute Gasteiger partial charge is 0.395 e. The van der Waals surface area contributed by atoms with E-state index in [4.69, 9.17) is 5.11 Å². The van der Waals surface area contributed by atoms with Crippen molar-refractivity contribution in [3.05, 3.63) is 46.2 Å². The summed E-state index contributed by atoms with van der Waals surface area (Å²) in [6.45, 7) is 0.0499. The summed E-state index contributed by atoms with van der Waals surface area (Å²) in [5.74, 6) is 5.78. The van der Waals surface area contributed by atoms with Crippen LogP contribution in [0.5, 0.6) is 0 Å². The molecule has 1 aromatic carbocycles. The van der Waals surface area contributed by atoms with Gasteiger partial charge in [-0.25, -0.2) is 0 Å². The van der Waals surface area contributed by atoms with E-state index >= 15 is 0 Å². The van der Waals surface area contributed by atoms with Gasteiger partial charge >= 0.3 is 0 Å². The number of pyridine rings is 1. The molecule has 0 saturated heterocycles. The van der Waals surface area contributed by atoms with E-state index in [2.05, 4.69) is 16.8 Å². The number of fused-ring (bicyclic) bond motifs is 1. The number of hydrogen-bond acceptors (Lipinski definition) is 2. The molecule has 2 rings (SSSR count). The minimum absolute atomic E-state index is 0.0143. The quantitative estimate of drug-likeness (QED) is 0.701. The lowest BCUT2D eigenvalue weighted by atomic mass is 10.1. The first-order chi connectivity index (χ1) is 7.83. The number of aliphatic hydroxyl groups is 1. The fourth-order valence-corrected chi connectivity index (χ4v) is 1.52. The van der Waals surface area contributed by atoms with E-state index in [0.29, 0.717) is 11.8 Å².